The number of hydrogen-bond acceptors (Lipinski definition) is 3. The van der Waals surface area contributed by atoms with Crippen molar-refractivity contribution in [2.45, 2.75) is 13.0 Å². The molecule has 0 aliphatic carbocycles. The molecule has 1 aromatic carbocycles. The first-order valence-electron chi connectivity index (χ1n) is 5.94. The van der Waals surface area contributed by atoms with Gasteiger partial charge in [-0.2, -0.15) is 0 Å². The van der Waals surface area contributed by atoms with E-state index in [1.54, 1.807) is 33.2 Å². The average molecular weight is 279 g/mol. The van der Waals surface area contributed by atoms with Crippen LogP contribution in [0.25, 0.3) is 0 Å². The van der Waals surface area contributed by atoms with Gasteiger partial charge in [-0.05, 0) is 19.1 Å². The number of carbonyl (C=O) groups excluding carboxylic acids is 2. The van der Waals surface area contributed by atoms with Gasteiger partial charge in [0.05, 0.1) is 11.3 Å². The third-order valence-corrected chi connectivity index (χ3v) is 2.56. The minimum absolute atomic E-state index is 0.0192. The molecule has 0 heterocycles. The van der Waals surface area contributed by atoms with E-state index < -0.39 is 18.0 Å². The second-order valence-corrected chi connectivity index (χ2v) is 4.40. The highest BCUT2D eigenvalue weighted by Crippen LogP contribution is 2.14. The average Bonchev–Trinajstić information content (AvgIpc) is 2.37. The molecule has 0 aliphatic heterocycles. The van der Waals surface area contributed by atoms with Gasteiger partial charge in [-0.1, -0.05) is 12.1 Å². The van der Waals surface area contributed by atoms with Crippen molar-refractivity contribution in [2.24, 2.45) is 0 Å². The van der Waals surface area contributed by atoms with E-state index in [1.165, 1.54) is 17.0 Å². The van der Waals surface area contributed by atoms with Gasteiger partial charge in [0.25, 0.3) is 0 Å². The summed E-state index contributed by atoms with van der Waals surface area (Å²) in [5, 5.41) is 13.8. The Bertz CT molecular complexity index is 528. The SMILES string of the molecule is CC(NC(=O)Nc1ccccc1C(=O)O)C(=O)N(C)C. The monoisotopic (exact) mass is 279 g/mol. The predicted molar refractivity (Wildman–Crippen MR) is 73.7 cm³/mol. The summed E-state index contributed by atoms with van der Waals surface area (Å²) in [4.78, 5) is 35.7. The fourth-order valence-corrected chi connectivity index (χ4v) is 1.58. The van der Waals surface area contributed by atoms with Gasteiger partial charge in [-0.25, -0.2) is 9.59 Å². The van der Waals surface area contributed by atoms with E-state index in [9.17, 15) is 14.4 Å². The van der Waals surface area contributed by atoms with E-state index in [-0.39, 0.29) is 17.2 Å². The highest BCUT2D eigenvalue weighted by Gasteiger charge is 2.18. The number of nitrogens with one attached hydrogen (secondary N) is 2. The Morgan fingerprint density at radius 2 is 1.80 bits per heavy atom. The van der Waals surface area contributed by atoms with E-state index in [1.807, 2.05) is 0 Å². The number of anilines is 1. The molecule has 3 N–H and O–H groups in total. The number of amides is 3. The summed E-state index contributed by atoms with van der Waals surface area (Å²) in [6.07, 6.45) is 0. The number of carboxylic acids is 1. The fraction of sp³-hybridized carbons (Fsp3) is 0.308. The zero-order valence-electron chi connectivity index (χ0n) is 11.5. The van der Waals surface area contributed by atoms with Gasteiger partial charge >= 0.3 is 12.0 Å². The maximum Gasteiger partial charge on any atom is 0.337 e. The summed E-state index contributed by atoms with van der Waals surface area (Å²) >= 11 is 0. The van der Waals surface area contributed by atoms with Crippen molar-refractivity contribution >= 4 is 23.6 Å². The Labute approximate surface area is 116 Å². The number of rotatable bonds is 4. The topological polar surface area (TPSA) is 98.7 Å². The molecule has 108 valence electrons. The minimum Gasteiger partial charge on any atom is -0.478 e. The Hall–Kier alpha value is -2.57. The van der Waals surface area contributed by atoms with Crippen molar-refractivity contribution < 1.29 is 19.5 Å². The quantitative estimate of drug-likeness (QED) is 0.765. The van der Waals surface area contributed by atoms with Crippen LogP contribution in [0, 0.1) is 0 Å². The molecule has 7 heteroatoms. The number of urea groups is 1. The lowest BCUT2D eigenvalue weighted by Crippen LogP contribution is -2.45. The van der Waals surface area contributed by atoms with E-state index in [0.717, 1.165) is 0 Å². The molecule has 0 fully saturated rings. The maximum absolute atomic E-state index is 11.7. The number of aromatic carboxylic acids is 1. The van der Waals surface area contributed by atoms with E-state index in [2.05, 4.69) is 10.6 Å². The summed E-state index contributed by atoms with van der Waals surface area (Å²) in [6.45, 7) is 1.55. The van der Waals surface area contributed by atoms with Crippen molar-refractivity contribution in [3.05, 3.63) is 29.8 Å². The molecule has 1 unspecified atom stereocenters. The summed E-state index contributed by atoms with van der Waals surface area (Å²) in [7, 11) is 3.16. The first kappa shape index (κ1) is 15.5. The van der Waals surface area contributed by atoms with Crippen molar-refractivity contribution in [1.82, 2.24) is 10.2 Å². The largest absolute Gasteiger partial charge is 0.478 e. The summed E-state index contributed by atoms with van der Waals surface area (Å²) in [5.74, 6) is -1.40. The smallest absolute Gasteiger partial charge is 0.337 e. The van der Waals surface area contributed by atoms with E-state index in [0.29, 0.717) is 0 Å². The molecule has 1 rings (SSSR count). The maximum atomic E-state index is 11.7. The molecule has 1 aromatic rings. The van der Waals surface area contributed by atoms with Crippen molar-refractivity contribution in [2.75, 3.05) is 19.4 Å². The number of carbonyl (C=O) groups is 3. The lowest BCUT2D eigenvalue weighted by Gasteiger charge is -2.18. The van der Waals surface area contributed by atoms with Crippen molar-refractivity contribution in [3.8, 4) is 0 Å². The van der Waals surface area contributed by atoms with Gasteiger partial charge in [0, 0.05) is 14.1 Å². The molecular weight excluding hydrogens is 262 g/mol. The highest BCUT2D eigenvalue weighted by atomic mass is 16.4. The van der Waals surface area contributed by atoms with Gasteiger partial charge in [0.15, 0.2) is 0 Å². The molecule has 0 saturated carbocycles. The van der Waals surface area contributed by atoms with Gasteiger partial charge in [-0.3, -0.25) is 4.79 Å². The van der Waals surface area contributed by atoms with Crippen LogP contribution in [0.15, 0.2) is 24.3 Å². The molecule has 1 atom stereocenters. The Morgan fingerprint density at radius 3 is 2.35 bits per heavy atom. The predicted octanol–water partition coefficient (Wildman–Crippen LogP) is 0.983. The molecule has 3 amide bonds. The Balaban J connectivity index is 2.73. The zero-order valence-corrected chi connectivity index (χ0v) is 11.5. The van der Waals surface area contributed by atoms with Crippen LogP contribution < -0.4 is 10.6 Å². The van der Waals surface area contributed by atoms with Crippen LogP contribution in [-0.4, -0.2) is 48.1 Å². The van der Waals surface area contributed by atoms with Crippen molar-refractivity contribution in [1.29, 1.82) is 0 Å². The third-order valence-electron chi connectivity index (χ3n) is 2.56. The Kier molecular flexibility index (Phi) is 5.08. The molecule has 7 nitrogen and oxygen atoms in total. The summed E-state index contributed by atoms with van der Waals surface area (Å²) in [6, 6.07) is 4.68. The number of carboxylic acid groups (broad SMARTS) is 1. The van der Waals surface area contributed by atoms with Crippen LogP contribution in [0.3, 0.4) is 0 Å². The van der Waals surface area contributed by atoms with Crippen molar-refractivity contribution in [3.63, 3.8) is 0 Å². The molecule has 0 spiro atoms. The number of para-hydroxylation sites is 1. The Morgan fingerprint density at radius 1 is 1.20 bits per heavy atom. The van der Waals surface area contributed by atoms with Crippen LogP contribution in [0.1, 0.15) is 17.3 Å². The third kappa shape index (κ3) is 3.98. The van der Waals surface area contributed by atoms with Gasteiger partial charge in [-0.15, -0.1) is 0 Å². The standard InChI is InChI=1S/C13H17N3O4/c1-8(11(17)16(2)3)14-13(20)15-10-7-5-4-6-9(10)12(18)19/h4-8H,1-3H3,(H,18,19)(H2,14,15,20). The number of hydrogen-bond donors (Lipinski definition) is 3. The second-order valence-electron chi connectivity index (χ2n) is 4.40. The first-order valence-corrected chi connectivity index (χ1v) is 5.94. The molecular formula is C13H17N3O4. The normalized spacial score (nSPS) is 11.3. The van der Waals surface area contributed by atoms with Crippen LogP contribution >= 0.6 is 0 Å². The van der Waals surface area contributed by atoms with Crippen LogP contribution in [-0.2, 0) is 4.79 Å². The van der Waals surface area contributed by atoms with E-state index in [4.69, 9.17) is 5.11 Å². The van der Waals surface area contributed by atoms with Gasteiger partial charge < -0.3 is 20.6 Å². The molecule has 0 saturated heterocycles. The lowest BCUT2D eigenvalue weighted by atomic mass is 10.2. The lowest BCUT2D eigenvalue weighted by molar-refractivity contribution is -0.130. The molecule has 20 heavy (non-hydrogen) atoms. The molecule has 0 radical (unpaired) electrons. The zero-order chi connectivity index (χ0) is 15.3. The fourth-order valence-electron chi connectivity index (χ4n) is 1.58. The highest BCUT2D eigenvalue weighted by molar-refractivity contribution is 6.00. The summed E-state index contributed by atoms with van der Waals surface area (Å²) in [5.41, 5.74) is 0.149. The molecule has 0 aromatic heterocycles. The second kappa shape index (κ2) is 6.55. The summed E-state index contributed by atoms with van der Waals surface area (Å²) < 4.78 is 0. The number of benzene rings is 1. The van der Waals surface area contributed by atoms with Crippen LogP contribution in [0.2, 0.25) is 0 Å². The molecule has 0 aliphatic rings. The van der Waals surface area contributed by atoms with Gasteiger partial charge in [0.2, 0.25) is 5.91 Å². The molecule has 0 bridgehead atoms. The van der Waals surface area contributed by atoms with Crippen LogP contribution in [0.5, 0.6) is 0 Å². The van der Waals surface area contributed by atoms with Gasteiger partial charge in [0.1, 0.15) is 6.04 Å². The first-order chi connectivity index (χ1) is 9.32. The van der Waals surface area contributed by atoms with Crippen LogP contribution in [0.4, 0.5) is 10.5 Å². The minimum atomic E-state index is -1.14. The number of nitrogens with zero attached hydrogens (tertiary/aromatic N) is 1. The van der Waals surface area contributed by atoms with E-state index >= 15 is 0 Å². The number of likely N-dealkylation sites (N-methyl/N-ethyl adjacent to an activating group) is 1.